The Balaban J connectivity index is 1.30. The molecule has 0 spiro atoms. The van der Waals surface area contributed by atoms with Gasteiger partial charge < -0.3 is 4.90 Å². The lowest BCUT2D eigenvalue weighted by Crippen LogP contribution is -2.42. The molecule has 0 saturated heterocycles. The number of hydrogen-bond donors (Lipinski definition) is 0. The number of rotatable bonds is 8. The smallest absolute Gasteiger partial charge is 0.296 e. The summed E-state index contributed by atoms with van der Waals surface area (Å²) in [6.45, 7) is 6.11. The highest BCUT2D eigenvalue weighted by Crippen LogP contribution is 2.36. The van der Waals surface area contributed by atoms with E-state index < -0.39 is 20.1 Å². The Morgan fingerprint density at radius 1 is 0.900 bits per heavy atom. The first kappa shape index (κ1) is 28.3. The van der Waals surface area contributed by atoms with Crippen LogP contribution < -0.4 is 4.90 Å². The normalized spacial score (nSPS) is 20.1. The molecule has 2 aromatic heterocycles. The maximum absolute atomic E-state index is 13.4. The number of benzene rings is 2. The fourth-order valence-electron chi connectivity index (χ4n) is 5.55. The molecule has 0 amide bonds. The predicted molar refractivity (Wildman–Crippen MR) is 154 cm³/mol. The first-order valence-corrected chi connectivity index (χ1v) is 16.2. The van der Waals surface area contributed by atoms with E-state index in [4.69, 9.17) is 4.18 Å². The lowest BCUT2D eigenvalue weighted by molar-refractivity contribution is 0.170. The molecule has 1 saturated carbocycles. The van der Waals surface area contributed by atoms with E-state index in [0.29, 0.717) is 16.9 Å². The topological polar surface area (TPSA) is 111 Å². The molecular formula is C29H34N4O5S2. The summed E-state index contributed by atoms with van der Waals surface area (Å²) in [5.74, 6) is 1.01. The first-order chi connectivity index (χ1) is 19.0. The highest BCUT2D eigenvalue weighted by molar-refractivity contribution is 7.90. The number of aromatic nitrogens is 3. The van der Waals surface area contributed by atoms with Crippen molar-refractivity contribution in [3.8, 4) is 0 Å². The van der Waals surface area contributed by atoms with Gasteiger partial charge in [0, 0.05) is 19.3 Å². The third-order valence-corrected chi connectivity index (χ3v) is 10.8. The molecule has 11 heteroatoms. The first-order valence-electron chi connectivity index (χ1n) is 13.3. The van der Waals surface area contributed by atoms with E-state index in [9.17, 15) is 16.8 Å². The van der Waals surface area contributed by atoms with E-state index in [0.717, 1.165) is 30.4 Å². The number of hydrogen-bond acceptors (Lipinski definition) is 8. The van der Waals surface area contributed by atoms with Crippen LogP contribution in [0.3, 0.4) is 0 Å². The predicted octanol–water partition coefficient (Wildman–Crippen LogP) is 4.93. The Morgan fingerprint density at radius 3 is 2.15 bits per heavy atom. The number of nitrogens with zero attached hydrogens (tertiary/aromatic N) is 4. The van der Waals surface area contributed by atoms with Gasteiger partial charge in [-0.05, 0) is 75.3 Å². The van der Waals surface area contributed by atoms with Crippen molar-refractivity contribution in [2.45, 2.75) is 55.9 Å². The summed E-state index contributed by atoms with van der Waals surface area (Å²) in [7, 11) is -5.66. The van der Waals surface area contributed by atoms with Crippen LogP contribution in [0.1, 0.15) is 37.3 Å². The summed E-state index contributed by atoms with van der Waals surface area (Å²) in [6, 6.07) is 15.3. The lowest BCUT2D eigenvalue weighted by Gasteiger charge is -2.40. The largest absolute Gasteiger partial charge is 0.356 e. The molecule has 0 aliphatic heterocycles. The lowest BCUT2D eigenvalue weighted by atomic mass is 9.78. The summed E-state index contributed by atoms with van der Waals surface area (Å²) < 4.78 is 58.6. The molecule has 5 rings (SSSR count). The highest BCUT2D eigenvalue weighted by Gasteiger charge is 2.33. The number of anilines is 1. The molecule has 0 bridgehead atoms. The van der Waals surface area contributed by atoms with Gasteiger partial charge >= 0.3 is 0 Å². The van der Waals surface area contributed by atoms with Crippen molar-refractivity contribution >= 4 is 37.0 Å². The summed E-state index contributed by atoms with van der Waals surface area (Å²) in [6.07, 6.45) is 5.35. The van der Waals surface area contributed by atoms with Crippen LogP contribution in [-0.4, -0.2) is 50.5 Å². The van der Waals surface area contributed by atoms with Gasteiger partial charge in [-0.25, -0.2) is 22.4 Å². The van der Waals surface area contributed by atoms with E-state index >= 15 is 0 Å². The van der Waals surface area contributed by atoms with E-state index in [1.165, 1.54) is 16.5 Å². The molecule has 3 atom stereocenters. The number of aryl methyl sites for hydroxylation is 2. The molecule has 40 heavy (non-hydrogen) atoms. The summed E-state index contributed by atoms with van der Waals surface area (Å²) in [4.78, 5) is 11.3. The third-order valence-electron chi connectivity index (χ3n) is 7.84. The van der Waals surface area contributed by atoms with E-state index in [2.05, 4.69) is 21.8 Å². The molecule has 212 valence electrons. The van der Waals surface area contributed by atoms with Crippen LogP contribution in [-0.2, 0) is 24.3 Å². The van der Waals surface area contributed by atoms with E-state index in [1.807, 2.05) is 20.9 Å². The maximum Gasteiger partial charge on any atom is 0.296 e. The second kappa shape index (κ2) is 10.9. The molecule has 1 aliphatic carbocycles. The molecule has 2 heterocycles. The second-order valence-corrected chi connectivity index (χ2v) is 14.2. The van der Waals surface area contributed by atoms with Gasteiger partial charge in [-0.1, -0.05) is 42.3 Å². The Hall–Kier alpha value is -3.28. The van der Waals surface area contributed by atoms with Crippen LogP contribution in [0.4, 0.5) is 5.82 Å². The average Bonchev–Trinajstić information content (AvgIpc) is 3.38. The average molecular weight is 583 g/mol. The third kappa shape index (κ3) is 5.50. The fraction of sp³-hybridized carbons (Fsp3) is 0.379. The van der Waals surface area contributed by atoms with Gasteiger partial charge in [0.25, 0.3) is 20.1 Å². The molecular weight excluding hydrogens is 548 g/mol. The van der Waals surface area contributed by atoms with Gasteiger partial charge in [0.1, 0.15) is 12.1 Å². The van der Waals surface area contributed by atoms with Gasteiger partial charge in [-0.3, -0.25) is 4.18 Å². The molecule has 1 aliphatic rings. The summed E-state index contributed by atoms with van der Waals surface area (Å²) >= 11 is 0. The fourth-order valence-corrected chi connectivity index (χ4v) is 7.83. The van der Waals surface area contributed by atoms with Crippen molar-refractivity contribution in [3.63, 3.8) is 0 Å². The van der Waals surface area contributed by atoms with Crippen molar-refractivity contribution in [1.29, 1.82) is 0 Å². The van der Waals surface area contributed by atoms with Gasteiger partial charge in [0.05, 0.1) is 21.8 Å². The van der Waals surface area contributed by atoms with Crippen LogP contribution in [0.2, 0.25) is 0 Å². The SMILES string of the molecule is Cc1ccc(S(=O)(=O)OC[C@@H]2CC[C@@H](N(C)c3ncnc4c3ccn4S(=O)(=O)c3ccc(C)cc3)[C@@H](C)C2)cc1. The van der Waals surface area contributed by atoms with Gasteiger partial charge in [0.2, 0.25) is 0 Å². The maximum atomic E-state index is 13.4. The van der Waals surface area contributed by atoms with E-state index in [-0.39, 0.29) is 34.3 Å². The van der Waals surface area contributed by atoms with Crippen molar-refractivity contribution in [3.05, 3.63) is 78.2 Å². The highest BCUT2D eigenvalue weighted by atomic mass is 32.2. The quantitative estimate of drug-likeness (QED) is 0.269. The standard InChI is InChI=1S/C29H34N4O5S2/c1-20-5-10-24(11-6-20)39(34,35)33-16-15-26-28(30-19-31-29(26)33)32(4)27-14-9-23(17-22(27)3)18-38-40(36,37)25-12-7-21(2)8-13-25/h5-8,10-13,15-16,19,22-23,27H,9,14,17-18H2,1-4H3/t22-,23+,27+/m0/s1. The molecule has 2 aromatic carbocycles. The van der Waals surface area contributed by atoms with E-state index in [1.54, 1.807) is 54.6 Å². The molecule has 9 nitrogen and oxygen atoms in total. The van der Waals surface area contributed by atoms with Crippen molar-refractivity contribution in [2.24, 2.45) is 11.8 Å². The Bertz CT molecular complexity index is 1720. The molecule has 0 N–H and O–H groups in total. The van der Waals surface area contributed by atoms with Crippen LogP contribution in [0, 0.1) is 25.7 Å². The zero-order valence-corrected chi connectivity index (χ0v) is 24.7. The monoisotopic (exact) mass is 582 g/mol. The number of fused-ring (bicyclic) bond motifs is 1. The summed E-state index contributed by atoms with van der Waals surface area (Å²) in [5, 5.41) is 0.655. The van der Waals surface area contributed by atoms with Crippen molar-refractivity contribution in [2.75, 3.05) is 18.6 Å². The van der Waals surface area contributed by atoms with Crippen LogP contribution in [0.15, 0.2) is 76.9 Å². The van der Waals surface area contributed by atoms with Gasteiger partial charge in [-0.2, -0.15) is 8.42 Å². The second-order valence-electron chi connectivity index (χ2n) is 10.8. The molecule has 0 radical (unpaired) electrons. The van der Waals surface area contributed by atoms with Crippen molar-refractivity contribution in [1.82, 2.24) is 13.9 Å². The molecule has 0 unspecified atom stereocenters. The van der Waals surface area contributed by atoms with Crippen LogP contribution >= 0.6 is 0 Å². The minimum absolute atomic E-state index is 0.117. The van der Waals surface area contributed by atoms with Gasteiger partial charge in [0.15, 0.2) is 5.65 Å². The zero-order chi connectivity index (χ0) is 28.7. The van der Waals surface area contributed by atoms with Gasteiger partial charge in [-0.15, -0.1) is 0 Å². The minimum atomic E-state index is -3.82. The Morgan fingerprint density at radius 2 is 1.52 bits per heavy atom. The Kier molecular flexibility index (Phi) is 7.73. The van der Waals surface area contributed by atoms with Crippen LogP contribution in [0.25, 0.3) is 11.0 Å². The van der Waals surface area contributed by atoms with Crippen molar-refractivity contribution < 1.29 is 21.0 Å². The molecule has 1 fully saturated rings. The Labute approximate surface area is 236 Å². The molecule has 4 aromatic rings. The zero-order valence-electron chi connectivity index (χ0n) is 23.1. The minimum Gasteiger partial charge on any atom is -0.356 e. The van der Waals surface area contributed by atoms with Crippen LogP contribution in [0.5, 0.6) is 0 Å². The summed E-state index contributed by atoms with van der Waals surface area (Å²) in [5.41, 5.74) is 2.29.